The van der Waals surface area contributed by atoms with Gasteiger partial charge in [0.25, 0.3) is 0 Å². The highest BCUT2D eigenvalue weighted by atomic mass is 16.5. The lowest BCUT2D eigenvalue weighted by Gasteiger charge is -2.39. The van der Waals surface area contributed by atoms with E-state index in [0.29, 0.717) is 6.04 Å². The van der Waals surface area contributed by atoms with Gasteiger partial charge in [-0.05, 0) is 19.9 Å². The maximum absolute atomic E-state index is 5.53. The number of rotatable bonds is 2. The Kier molecular flexibility index (Phi) is 7.92. The fourth-order valence-electron chi connectivity index (χ4n) is 3.85. The molecule has 118 valence electrons. The van der Waals surface area contributed by atoms with Crippen LogP contribution in [0.15, 0.2) is 0 Å². The van der Waals surface area contributed by atoms with Crippen molar-refractivity contribution in [2.45, 2.75) is 76.3 Å². The van der Waals surface area contributed by atoms with Crippen LogP contribution in [0.1, 0.15) is 64.2 Å². The molecule has 0 radical (unpaired) electrons. The van der Waals surface area contributed by atoms with Gasteiger partial charge < -0.3 is 10.1 Å². The van der Waals surface area contributed by atoms with Crippen LogP contribution < -0.4 is 5.32 Å². The highest BCUT2D eigenvalue weighted by molar-refractivity contribution is 4.85. The average Bonchev–Trinajstić information content (AvgIpc) is 2.49. The number of ether oxygens (including phenoxy) is 1. The Morgan fingerprint density at radius 1 is 0.800 bits per heavy atom. The zero-order valence-electron chi connectivity index (χ0n) is 13.4. The molecule has 0 aromatic heterocycles. The molecular formula is C17H34N2O. The van der Waals surface area contributed by atoms with Crippen molar-refractivity contribution in [3.8, 4) is 0 Å². The predicted molar refractivity (Wildman–Crippen MR) is 85.2 cm³/mol. The van der Waals surface area contributed by atoms with Crippen molar-refractivity contribution in [2.24, 2.45) is 0 Å². The number of morpholine rings is 1. The second-order valence-electron chi connectivity index (χ2n) is 6.52. The van der Waals surface area contributed by atoms with Crippen molar-refractivity contribution in [2.75, 3.05) is 33.4 Å². The monoisotopic (exact) mass is 282 g/mol. The summed E-state index contributed by atoms with van der Waals surface area (Å²) in [6.45, 7) is 4.10. The van der Waals surface area contributed by atoms with E-state index in [1.54, 1.807) is 0 Å². The minimum Gasteiger partial charge on any atom is -0.379 e. The summed E-state index contributed by atoms with van der Waals surface area (Å²) in [5, 5.41) is 3.62. The van der Waals surface area contributed by atoms with Crippen LogP contribution in [0.5, 0.6) is 0 Å². The van der Waals surface area contributed by atoms with Crippen LogP contribution in [0.2, 0.25) is 0 Å². The second-order valence-corrected chi connectivity index (χ2v) is 6.52. The number of likely N-dealkylation sites (N-methyl/N-ethyl adjacent to an activating group) is 1. The van der Waals surface area contributed by atoms with Crippen LogP contribution in [-0.2, 0) is 4.74 Å². The van der Waals surface area contributed by atoms with Crippen LogP contribution in [0.4, 0.5) is 0 Å². The highest BCUT2D eigenvalue weighted by Crippen LogP contribution is 2.21. The summed E-state index contributed by atoms with van der Waals surface area (Å²) in [7, 11) is 2.16. The molecule has 0 aromatic carbocycles. The molecule has 1 aliphatic carbocycles. The van der Waals surface area contributed by atoms with Crippen LogP contribution in [-0.4, -0.2) is 50.3 Å². The van der Waals surface area contributed by atoms with Crippen molar-refractivity contribution in [1.82, 2.24) is 10.2 Å². The SMILES string of the molecule is CNC1CCCCCCCCCCC1N1CCOCC1. The minimum absolute atomic E-state index is 0.674. The Morgan fingerprint density at radius 3 is 1.95 bits per heavy atom. The summed E-state index contributed by atoms with van der Waals surface area (Å²) in [6, 6.07) is 1.40. The van der Waals surface area contributed by atoms with Gasteiger partial charge in [0, 0.05) is 25.2 Å². The number of nitrogens with one attached hydrogen (secondary N) is 1. The molecule has 2 aliphatic rings. The summed E-state index contributed by atoms with van der Waals surface area (Å²) < 4.78 is 5.53. The standard InChI is InChI=1S/C17H34N2O/c1-18-16-10-8-6-4-2-3-5-7-9-11-17(16)19-12-14-20-15-13-19/h16-18H,2-15H2,1H3. The van der Waals surface area contributed by atoms with Gasteiger partial charge in [0.05, 0.1) is 13.2 Å². The molecule has 2 rings (SSSR count). The van der Waals surface area contributed by atoms with Gasteiger partial charge in [0.1, 0.15) is 0 Å². The highest BCUT2D eigenvalue weighted by Gasteiger charge is 2.27. The molecule has 3 heteroatoms. The van der Waals surface area contributed by atoms with Gasteiger partial charge in [-0.15, -0.1) is 0 Å². The number of hydrogen-bond acceptors (Lipinski definition) is 3. The molecule has 2 fully saturated rings. The molecule has 1 heterocycles. The Morgan fingerprint density at radius 2 is 1.35 bits per heavy atom. The average molecular weight is 282 g/mol. The molecule has 0 aromatic rings. The maximum atomic E-state index is 5.53. The normalized spacial score (nSPS) is 32.2. The van der Waals surface area contributed by atoms with E-state index in [-0.39, 0.29) is 0 Å². The van der Waals surface area contributed by atoms with E-state index in [9.17, 15) is 0 Å². The van der Waals surface area contributed by atoms with E-state index in [1.807, 2.05) is 0 Å². The van der Waals surface area contributed by atoms with Crippen molar-refractivity contribution in [1.29, 1.82) is 0 Å². The fraction of sp³-hybridized carbons (Fsp3) is 1.00. The number of hydrogen-bond donors (Lipinski definition) is 1. The summed E-state index contributed by atoms with van der Waals surface area (Å²) in [5.41, 5.74) is 0. The van der Waals surface area contributed by atoms with Crippen molar-refractivity contribution in [3.63, 3.8) is 0 Å². The topological polar surface area (TPSA) is 24.5 Å². The van der Waals surface area contributed by atoms with E-state index in [2.05, 4.69) is 17.3 Å². The molecule has 1 saturated carbocycles. The van der Waals surface area contributed by atoms with Crippen molar-refractivity contribution in [3.05, 3.63) is 0 Å². The van der Waals surface area contributed by atoms with Gasteiger partial charge in [-0.25, -0.2) is 0 Å². The molecule has 0 amide bonds. The summed E-state index contributed by atoms with van der Waals surface area (Å²) in [5.74, 6) is 0. The predicted octanol–water partition coefficient (Wildman–Crippen LogP) is 3.19. The third-order valence-corrected chi connectivity index (χ3v) is 5.11. The van der Waals surface area contributed by atoms with Gasteiger partial charge in [0.2, 0.25) is 0 Å². The van der Waals surface area contributed by atoms with Gasteiger partial charge in [-0.3, -0.25) is 4.90 Å². The van der Waals surface area contributed by atoms with Gasteiger partial charge in [-0.1, -0.05) is 51.4 Å². The van der Waals surface area contributed by atoms with Gasteiger partial charge in [-0.2, -0.15) is 0 Å². The quantitative estimate of drug-likeness (QED) is 0.842. The third-order valence-electron chi connectivity index (χ3n) is 5.11. The fourth-order valence-corrected chi connectivity index (χ4v) is 3.85. The zero-order valence-corrected chi connectivity index (χ0v) is 13.4. The lowest BCUT2D eigenvalue weighted by atomic mass is 9.92. The molecule has 2 atom stereocenters. The Balaban J connectivity index is 1.92. The van der Waals surface area contributed by atoms with Crippen molar-refractivity contribution >= 4 is 0 Å². The first-order valence-electron chi connectivity index (χ1n) is 8.91. The summed E-state index contributed by atoms with van der Waals surface area (Å²) in [4.78, 5) is 2.69. The first-order chi connectivity index (χ1) is 9.92. The van der Waals surface area contributed by atoms with Crippen molar-refractivity contribution < 1.29 is 4.74 Å². The van der Waals surface area contributed by atoms with E-state index >= 15 is 0 Å². The summed E-state index contributed by atoms with van der Waals surface area (Å²) in [6.07, 6.45) is 14.2. The van der Waals surface area contributed by atoms with Gasteiger partial charge >= 0.3 is 0 Å². The van der Waals surface area contributed by atoms with E-state index < -0.39 is 0 Å². The van der Waals surface area contributed by atoms with E-state index in [4.69, 9.17) is 4.74 Å². The molecule has 2 unspecified atom stereocenters. The molecule has 1 N–H and O–H groups in total. The van der Waals surface area contributed by atoms with E-state index in [1.165, 1.54) is 64.2 Å². The molecule has 20 heavy (non-hydrogen) atoms. The minimum atomic E-state index is 0.674. The third kappa shape index (κ3) is 5.34. The lowest BCUT2D eigenvalue weighted by molar-refractivity contribution is 0.00477. The lowest BCUT2D eigenvalue weighted by Crippen LogP contribution is -2.52. The molecule has 1 aliphatic heterocycles. The van der Waals surface area contributed by atoms with E-state index in [0.717, 1.165) is 32.3 Å². The smallest absolute Gasteiger partial charge is 0.0594 e. The molecule has 0 spiro atoms. The Labute approximate surface area is 125 Å². The van der Waals surface area contributed by atoms with Gasteiger partial charge in [0.15, 0.2) is 0 Å². The molecular weight excluding hydrogens is 248 g/mol. The molecule has 0 bridgehead atoms. The number of nitrogens with zero attached hydrogens (tertiary/aromatic N) is 1. The largest absolute Gasteiger partial charge is 0.379 e. The van der Waals surface area contributed by atoms with Crippen LogP contribution in [0.25, 0.3) is 0 Å². The molecule has 3 nitrogen and oxygen atoms in total. The molecule has 1 saturated heterocycles. The summed E-state index contributed by atoms with van der Waals surface area (Å²) >= 11 is 0. The first kappa shape index (κ1) is 16.3. The zero-order chi connectivity index (χ0) is 14.0. The van der Waals surface area contributed by atoms with Crippen LogP contribution in [0, 0.1) is 0 Å². The Bertz CT molecular complexity index is 241. The Hall–Kier alpha value is -0.120. The van der Waals surface area contributed by atoms with Crippen LogP contribution in [0.3, 0.4) is 0 Å². The van der Waals surface area contributed by atoms with Crippen LogP contribution >= 0.6 is 0 Å². The first-order valence-corrected chi connectivity index (χ1v) is 8.91. The second kappa shape index (κ2) is 9.75. The maximum Gasteiger partial charge on any atom is 0.0594 e.